The quantitative estimate of drug-likeness (QED) is 0.546. The fourth-order valence-corrected chi connectivity index (χ4v) is 5.49. The maximum atomic E-state index is 12.6. The molecular formula is C25H28N8O2. The summed E-state index contributed by atoms with van der Waals surface area (Å²) in [6.07, 6.45) is 6.89. The van der Waals surface area contributed by atoms with E-state index in [1.54, 1.807) is 23.3 Å². The van der Waals surface area contributed by atoms with Gasteiger partial charge in [0, 0.05) is 55.3 Å². The molecule has 3 aliphatic rings. The van der Waals surface area contributed by atoms with Crippen molar-refractivity contribution in [1.29, 1.82) is 0 Å². The number of aliphatic imine (C=N–C) groups is 1. The van der Waals surface area contributed by atoms with Crippen LogP contribution in [0.2, 0.25) is 0 Å². The van der Waals surface area contributed by atoms with Crippen LogP contribution < -0.4 is 10.2 Å². The number of anilines is 1. The average Bonchev–Trinajstić information content (AvgIpc) is 3.65. The molecule has 10 heteroatoms. The molecule has 3 aromatic rings. The van der Waals surface area contributed by atoms with E-state index in [0.29, 0.717) is 18.0 Å². The molecule has 5 heterocycles. The predicted molar refractivity (Wildman–Crippen MR) is 130 cm³/mol. The summed E-state index contributed by atoms with van der Waals surface area (Å²) in [7, 11) is 0. The molecule has 2 fully saturated rings. The summed E-state index contributed by atoms with van der Waals surface area (Å²) in [5, 5.41) is 14.7. The number of rotatable bonds is 5. The fourth-order valence-electron chi connectivity index (χ4n) is 5.49. The van der Waals surface area contributed by atoms with Gasteiger partial charge in [0.25, 0.3) is 5.91 Å². The molecule has 3 aromatic heterocycles. The molecule has 0 bridgehead atoms. The van der Waals surface area contributed by atoms with E-state index in [9.17, 15) is 9.59 Å². The van der Waals surface area contributed by atoms with E-state index >= 15 is 0 Å². The zero-order valence-electron chi connectivity index (χ0n) is 19.9. The van der Waals surface area contributed by atoms with E-state index in [4.69, 9.17) is 4.98 Å². The van der Waals surface area contributed by atoms with E-state index in [-0.39, 0.29) is 23.7 Å². The highest BCUT2D eigenvalue weighted by molar-refractivity contribution is 5.99. The molecule has 3 atom stereocenters. The second kappa shape index (κ2) is 8.44. The van der Waals surface area contributed by atoms with Crippen LogP contribution in [0, 0.1) is 25.7 Å². The number of H-pyrrole nitrogens is 1. The Balaban J connectivity index is 1.10. The molecule has 6 rings (SSSR count). The van der Waals surface area contributed by atoms with Gasteiger partial charge >= 0.3 is 0 Å². The first kappa shape index (κ1) is 21.7. The highest BCUT2D eigenvalue weighted by atomic mass is 16.2. The van der Waals surface area contributed by atoms with Crippen LogP contribution in [-0.4, -0.2) is 62.6 Å². The largest absolute Gasteiger partial charge is 0.355 e. The zero-order valence-corrected chi connectivity index (χ0v) is 19.9. The Hall–Kier alpha value is -3.82. The molecule has 35 heavy (non-hydrogen) atoms. The fraction of sp³-hybridized carbons (Fsp3) is 0.440. The van der Waals surface area contributed by atoms with Crippen molar-refractivity contribution in [1.82, 2.24) is 30.3 Å². The van der Waals surface area contributed by atoms with E-state index < -0.39 is 0 Å². The minimum absolute atomic E-state index is 0.0681. The molecular weight excluding hydrogens is 444 g/mol. The van der Waals surface area contributed by atoms with Crippen molar-refractivity contribution in [2.45, 2.75) is 39.2 Å². The van der Waals surface area contributed by atoms with Crippen LogP contribution >= 0.6 is 0 Å². The zero-order chi connectivity index (χ0) is 24.1. The van der Waals surface area contributed by atoms with Gasteiger partial charge in [0.2, 0.25) is 5.91 Å². The summed E-state index contributed by atoms with van der Waals surface area (Å²) in [5.74, 6) is 1.27. The summed E-state index contributed by atoms with van der Waals surface area (Å²) in [6, 6.07) is 4.06. The van der Waals surface area contributed by atoms with Gasteiger partial charge in [-0.3, -0.25) is 19.4 Å². The first-order valence-corrected chi connectivity index (χ1v) is 12.1. The molecule has 2 amide bonds. The van der Waals surface area contributed by atoms with Crippen LogP contribution in [0.25, 0.3) is 0 Å². The second-order valence-corrected chi connectivity index (χ2v) is 9.80. The topological polar surface area (TPSA) is 121 Å². The smallest absolute Gasteiger partial charge is 0.279 e. The Morgan fingerprint density at radius 2 is 2.17 bits per heavy atom. The highest BCUT2D eigenvalue weighted by Crippen LogP contribution is 2.32. The van der Waals surface area contributed by atoms with Gasteiger partial charge in [0.1, 0.15) is 5.82 Å². The normalized spacial score (nSPS) is 23.2. The Morgan fingerprint density at radius 1 is 1.29 bits per heavy atom. The monoisotopic (exact) mass is 472 g/mol. The number of carbonyl (C=O) groups is 2. The first-order valence-electron chi connectivity index (χ1n) is 12.1. The van der Waals surface area contributed by atoms with Crippen LogP contribution in [0.3, 0.4) is 0 Å². The number of aromatic nitrogens is 5. The molecule has 2 saturated heterocycles. The van der Waals surface area contributed by atoms with Gasteiger partial charge in [-0.25, -0.2) is 9.98 Å². The third-order valence-electron chi connectivity index (χ3n) is 7.57. The minimum Gasteiger partial charge on any atom is -0.355 e. The summed E-state index contributed by atoms with van der Waals surface area (Å²) >= 11 is 0. The Labute approximate surface area is 202 Å². The molecule has 2 N–H and O–H groups in total. The molecule has 0 spiro atoms. The lowest BCUT2D eigenvalue weighted by Crippen LogP contribution is -2.29. The van der Waals surface area contributed by atoms with Crippen LogP contribution in [0.5, 0.6) is 0 Å². The molecule has 1 unspecified atom stereocenters. The van der Waals surface area contributed by atoms with Gasteiger partial charge in [-0.05, 0) is 43.9 Å². The van der Waals surface area contributed by atoms with E-state index in [2.05, 4.69) is 36.6 Å². The number of amides is 2. The number of nitrogens with one attached hydrogen (secondary N) is 2. The molecule has 10 nitrogen and oxygen atoms in total. The van der Waals surface area contributed by atoms with E-state index in [1.165, 1.54) is 5.56 Å². The Kier molecular flexibility index (Phi) is 5.23. The van der Waals surface area contributed by atoms with E-state index in [0.717, 1.165) is 60.9 Å². The van der Waals surface area contributed by atoms with Gasteiger partial charge in [-0.2, -0.15) is 10.2 Å². The van der Waals surface area contributed by atoms with Crippen molar-refractivity contribution in [3.8, 4) is 0 Å². The highest BCUT2D eigenvalue weighted by Gasteiger charge is 2.42. The molecule has 1 aliphatic carbocycles. The number of aryl methyl sites for hydroxylation is 2. The minimum atomic E-state index is -0.300. The first-order chi connectivity index (χ1) is 17.0. The summed E-state index contributed by atoms with van der Waals surface area (Å²) in [6.45, 7) is 6.84. The number of fused-ring (bicyclic) bond motifs is 2. The van der Waals surface area contributed by atoms with Gasteiger partial charge < -0.3 is 10.2 Å². The lowest BCUT2D eigenvalue weighted by atomic mass is 10.0. The number of hydrogen-bond acceptors (Lipinski definition) is 6. The SMILES string of the molecule is Cc1nc(N2C[C@@H]3CNC(=O)[C@@H]3C2)ccc1Cn1cc(C(=O)N=CC2CCc3c2n[nH]c3C)cn1. The van der Waals surface area contributed by atoms with Crippen molar-refractivity contribution in [2.75, 3.05) is 24.5 Å². The Morgan fingerprint density at radius 3 is 3.00 bits per heavy atom. The molecule has 0 saturated carbocycles. The Bertz CT molecular complexity index is 1340. The van der Waals surface area contributed by atoms with Gasteiger partial charge in [-0.1, -0.05) is 6.07 Å². The molecule has 180 valence electrons. The lowest BCUT2D eigenvalue weighted by molar-refractivity contribution is -0.122. The standard InChI is InChI=1S/C25H28N8O2/c1-14-17(4-6-22(29-14)32-10-18-8-27-25(35)21(18)13-32)11-33-12-19(9-28-33)24(34)26-7-16-3-5-20-15(2)30-31-23(16)20/h4,6-7,9,12,16,18,21H,3,5,8,10-11,13H2,1-2H3,(H,27,35)(H,30,31)/t16?,18-,21+/m0/s1. The van der Waals surface area contributed by atoms with Gasteiger partial charge in [0.15, 0.2) is 0 Å². The average molecular weight is 473 g/mol. The number of pyridine rings is 1. The van der Waals surface area contributed by atoms with Gasteiger partial charge in [-0.15, -0.1) is 0 Å². The second-order valence-electron chi connectivity index (χ2n) is 9.80. The van der Waals surface area contributed by atoms with Crippen LogP contribution in [0.15, 0.2) is 29.5 Å². The number of carbonyl (C=O) groups excluding carboxylic acids is 2. The van der Waals surface area contributed by atoms with Crippen molar-refractivity contribution < 1.29 is 9.59 Å². The third-order valence-corrected chi connectivity index (χ3v) is 7.57. The van der Waals surface area contributed by atoms with Gasteiger partial charge in [0.05, 0.1) is 29.9 Å². The van der Waals surface area contributed by atoms with Crippen molar-refractivity contribution in [2.24, 2.45) is 16.8 Å². The van der Waals surface area contributed by atoms with Crippen molar-refractivity contribution >= 4 is 23.8 Å². The maximum Gasteiger partial charge on any atom is 0.279 e. The predicted octanol–water partition coefficient (Wildman–Crippen LogP) is 1.79. The van der Waals surface area contributed by atoms with Crippen LogP contribution in [-0.2, 0) is 17.8 Å². The summed E-state index contributed by atoms with van der Waals surface area (Å²) in [4.78, 5) is 35.8. The van der Waals surface area contributed by atoms with Crippen LogP contribution in [0.4, 0.5) is 5.82 Å². The molecule has 0 radical (unpaired) electrons. The number of hydrogen-bond donors (Lipinski definition) is 2. The van der Waals surface area contributed by atoms with Crippen molar-refractivity contribution in [3.63, 3.8) is 0 Å². The van der Waals surface area contributed by atoms with Crippen LogP contribution in [0.1, 0.15) is 50.9 Å². The van der Waals surface area contributed by atoms with E-state index in [1.807, 2.05) is 19.9 Å². The molecule has 2 aliphatic heterocycles. The number of aromatic amines is 1. The lowest BCUT2D eigenvalue weighted by Gasteiger charge is -2.19. The third kappa shape index (κ3) is 3.92. The maximum absolute atomic E-state index is 12.6. The summed E-state index contributed by atoms with van der Waals surface area (Å²) < 4.78 is 1.74. The van der Waals surface area contributed by atoms with Crippen molar-refractivity contribution in [3.05, 3.63) is 58.3 Å². The number of nitrogens with zero attached hydrogens (tertiary/aromatic N) is 6. The molecule has 0 aromatic carbocycles. The summed E-state index contributed by atoms with van der Waals surface area (Å²) in [5.41, 5.74) is 5.75.